The summed E-state index contributed by atoms with van der Waals surface area (Å²) in [5.41, 5.74) is 1.56. The van der Waals surface area contributed by atoms with Crippen LogP contribution in [0, 0.1) is 5.82 Å². The number of carbonyl (C=O) groups is 3. The molecule has 0 aliphatic carbocycles. The lowest BCUT2D eigenvalue weighted by molar-refractivity contribution is -0.121. The highest BCUT2D eigenvalue weighted by molar-refractivity contribution is 6.33. The standard InChI is InChI=1S/C27H29Cl2FN6O4/c28-19-8-5-10-22(23(19)30)36-24(29)18(15-33-36)25(37)35-20-9-2-1-3-12-31-26(38)21(11-13-32-27(39)40)34-17-7-4-6-16(20)14-17/h4-8,10,14-15,20-21,32,34H,1-3,9,11-13H2,(H,31,38)(H,35,37)(H,39,40)/t20-,21-/m0/s1. The van der Waals surface area contributed by atoms with Crippen molar-refractivity contribution in [2.75, 3.05) is 18.4 Å². The fraction of sp³-hybridized carbons (Fsp3) is 0.333. The van der Waals surface area contributed by atoms with Gasteiger partial charge in [0.25, 0.3) is 5.91 Å². The Hall–Kier alpha value is -3.83. The van der Waals surface area contributed by atoms with Gasteiger partial charge in [-0.15, -0.1) is 0 Å². The van der Waals surface area contributed by atoms with E-state index in [4.69, 9.17) is 28.3 Å². The van der Waals surface area contributed by atoms with E-state index in [-0.39, 0.29) is 46.3 Å². The molecule has 0 saturated heterocycles. The second kappa shape index (κ2) is 13.5. The highest BCUT2D eigenvalue weighted by atomic mass is 35.5. The van der Waals surface area contributed by atoms with E-state index in [0.717, 1.165) is 29.5 Å². The maximum Gasteiger partial charge on any atom is 0.404 e. The number of rotatable bonds is 6. The summed E-state index contributed by atoms with van der Waals surface area (Å²) in [6.07, 6.45) is 3.34. The van der Waals surface area contributed by atoms with Gasteiger partial charge in [-0.05, 0) is 49.1 Å². The van der Waals surface area contributed by atoms with Gasteiger partial charge >= 0.3 is 6.09 Å². The normalized spacial score (nSPS) is 17.8. The maximum absolute atomic E-state index is 14.6. The third-order valence-corrected chi connectivity index (χ3v) is 7.20. The number of nitrogens with zero attached hydrogens (tertiary/aromatic N) is 2. The first-order valence-corrected chi connectivity index (χ1v) is 13.6. The van der Waals surface area contributed by atoms with E-state index in [1.54, 1.807) is 12.1 Å². The van der Waals surface area contributed by atoms with Crippen molar-refractivity contribution in [3.05, 3.63) is 75.8 Å². The summed E-state index contributed by atoms with van der Waals surface area (Å²) >= 11 is 12.4. The molecule has 40 heavy (non-hydrogen) atoms. The molecule has 1 aliphatic heterocycles. The van der Waals surface area contributed by atoms with Crippen LogP contribution in [-0.2, 0) is 4.79 Å². The first-order valence-electron chi connectivity index (χ1n) is 12.8. The minimum atomic E-state index is -1.16. The zero-order chi connectivity index (χ0) is 28.6. The number of fused-ring (bicyclic) bond motifs is 2. The number of hydrogen-bond donors (Lipinski definition) is 5. The number of amides is 3. The van der Waals surface area contributed by atoms with Gasteiger partial charge in [-0.25, -0.2) is 13.9 Å². The van der Waals surface area contributed by atoms with Gasteiger partial charge < -0.3 is 26.4 Å². The van der Waals surface area contributed by atoms with Crippen molar-refractivity contribution in [3.63, 3.8) is 0 Å². The molecule has 0 fully saturated rings. The molecule has 10 nitrogen and oxygen atoms in total. The van der Waals surface area contributed by atoms with Crippen LogP contribution < -0.4 is 21.3 Å². The third-order valence-electron chi connectivity index (χ3n) is 6.54. The zero-order valence-corrected chi connectivity index (χ0v) is 22.9. The number of benzene rings is 2. The van der Waals surface area contributed by atoms with E-state index in [1.807, 2.05) is 18.2 Å². The van der Waals surface area contributed by atoms with Crippen LogP contribution in [0.2, 0.25) is 10.2 Å². The Bertz CT molecular complexity index is 1380. The summed E-state index contributed by atoms with van der Waals surface area (Å²) in [7, 11) is 0. The molecule has 0 saturated carbocycles. The van der Waals surface area contributed by atoms with Crippen LogP contribution in [0.3, 0.4) is 0 Å². The Morgan fingerprint density at radius 2 is 1.95 bits per heavy atom. The summed E-state index contributed by atoms with van der Waals surface area (Å²) in [4.78, 5) is 37.0. The largest absolute Gasteiger partial charge is 0.465 e. The molecular formula is C27H29Cl2FN6O4. The molecular weight excluding hydrogens is 562 g/mol. The molecule has 2 bridgehead atoms. The number of carboxylic acid groups (broad SMARTS) is 1. The van der Waals surface area contributed by atoms with Crippen LogP contribution in [-0.4, -0.2) is 51.9 Å². The predicted molar refractivity (Wildman–Crippen MR) is 150 cm³/mol. The first-order chi connectivity index (χ1) is 19.2. The number of halogens is 3. The van der Waals surface area contributed by atoms with Gasteiger partial charge in [-0.3, -0.25) is 9.59 Å². The van der Waals surface area contributed by atoms with Crippen LogP contribution in [0.1, 0.15) is 54.1 Å². The van der Waals surface area contributed by atoms with E-state index < -0.39 is 23.9 Å². The first kappa shape index (κ1) is 29.2. The lowest BCUT2D eigenvalue weighted by Gasteiger charge is -2.22. The van der Waals surface area contributed by atoms with E-state index in [2.05, 4.69) is 26.4 Å². The van der Waals surface area contributed by atoms with Crippen molar-refractivity contribution >= 4 is 46.8 Å². The highest BCUT2D eigenvalue weighted by Gasteiger charge is 2.24. The SMILES string of the molecule is O=C(O)NCC[C@@H]1Nc2cccc(c2)[C@@H](NC(=O)c2cnn(-c3cccc(Cl)c3F)c2Cl)CCCCCNC1=O. The van der Waals surface area contributed by atoms with Crippen LogP contribution in [0.5, 0.6) is 0 Å². The second-order valence-corrected chi connectivity index (χ2v) is 10.1. The molecule has 0 unspecified atom stereocenters. The number of aromatic nitrogens is 2. The lowest BCUT2D eigenvalue weighted by atomic mass is 9.99. The minimum Gasteiger partial charge on any atom is -0.465 e. The van der Waals surface area contributed by atoms with Crippen LogP contribution in [0.4, 0.5) is 14.9 Å². The molecule has 2 atom stereocenters. The van der Waals surface area contributed by atoms with E-state index in [1.165, 1.54) is 18.3 Å². The van der Waals surface area contributed by atoms with Crippen LogP contribution >= 0.6 is 23.2 Å². The summed E-state index contributed by atoms with van der Waals surface area (Å²) in [6, 6.07) is 10.7. The smallest absolute Gasteiger partial charge is 0.404 e. The minimum absolute atomic E-state index is 0.0219. The fourth-order valence-corrected chi connectivity index (χ4v) is 4.93. The number of carbonyl (C=O) groups excluding carboxylic acids is 2. The van der Waals surface area contributed by atoms with Gasteiger partial charge in [0, 0.05) is 18.8 Å². The Morgan fingerprint density at radius 3 is 2.75 bits per heavy atom. The van der Waals surface area contributed by atoms with Crippen molar-refractivity contribution in [1.82, 2.24) is 25.7 Å². The van der Waals surface area contributed by atoms with Gasteiger partial charge in [0.2, 0.25) is 5.91 Å². The molecule has 3 aromatic rings. The van der Waals surface area contributed by atoms with E-state index in [9.17, 15) is 18.8 Å². The molecule has 2 aromatic carbocycles. The number of anilines is 1. The number of hydrogen-bond acceptors (Lipinski definition) is 5. The Labute approximate surface area is 240 Å². The van der Waals surface area contributed by atoms with Crippen molar-refractivity contribution in [2.24, 2.45) is 0 Å². The molecule has 4 rings (SSSR count). The number of nitrogens with one attached hydrogen (secondary N) is 4. The van der Waals surface area contributed by atoms with Crippen LogP contribution in [0.15, 0.2) is 48.7 Å². The molecule has 0 spiro atoms. The Morgan fingerprint density at radius 1 is 1.15 bits per heavy atom. The quantitative estimate of drug-likeness (QED) is 0.276. The van der Waals surface area contributed by atoms with E-state index >= 15 is 0 Å². The summed E-state index contributed by atoms with van der Waals surface area (Å²) in [5, 5.41) is 24.3. The van der Waals surface area contributed by atoms with Gasteiger partial charge in [0.05, 0.1) is 22.8 Å². The summed E-state index contributed by atoms with van der Waals surface area (Å²) in [6.45, 7) is 0.582. The average molecular weight is 591 g/mol. The van der Waals surface area contributed by atoms with E-state index in [0.29, 0.717) is 18.7 Å². The Balaban J connectivity index is 1.56. The average Bonchev–Trinajstić information content (AvgIpc) is 3.31. The fourth-order valence-electron chi connectivity index (χ4n) is 4.49. The zero-order valence-electron chi connectivity index (χ0n) is 21.4. The molecule has 5 N–H and O–H groups in total. The Kier molecular flexibility index (Phi) is 9.84. The summed E-state index contributed by atoms with van der Waals surface area (Å²) < 4.78 is 15.7. The summed E-state index contributed by atoms with van der Waals surface area (Å²) in [5.74, 6) is -1.39. The topological polar surface area (TPSA) is 137 Å². The highest BCUT2D eigenvalue weighted by Crippen LogP contribution is 2.28. The lowest BCUT2D eigenvalue weighted by Crippen LogP contribution is -2.42. The second-order valence-electron chi connectivity index (χ2n) is 9.34. The van der Waals surface area contributed by atoms with Crippen molar-refractivity contribution in [2.45, 2.75) is 44.2 Å². The molecule has 212 valence electrons. The van der Waals surface area contributed by atoms with Crippen molar-refractivity contribution in [1.29, 1.82) is 0 Å². The van der Waals surface area contributed by atoms with Gasteiger partial charge in [-0.2, -0.15) is 5.10 Å². The monoisotopic (exact) mass is 590 g/mol. The van der Waals surface area contributed by atoms with Gasteiger partial charge in [-0.1, -0.05) is 54.2 Å². The van der Waals surface area contributed by atoms with Crippen molar-refractivity contribution < 1.29 is 23.9 Å². The molecule has 3 amide bonds. The molecule has 13 heteroatoms. The molecule has 1 aromatic heterocycles. The van der Waals surface area contributed by atoms with Gasteiger partial charge in [0.15, 0.2) is 5.82 Å². The predicted octanol–water partition coefficient (Wildman–Crippen LogP) is 4.92. The van der Waals surface area contributed by atoms with Crippen LogP contribution in [0.25, 0.3) is 5.69 Å². The third kappa shape index (κ3) is 7.22. The maximum atomic E-state index is 14.6. The van der Waals surface area contributed by atoms with Gasteiger partial charge in [0.1, 0.15) is 16.9 Å². The molecule has 1 aliphatic rings. The molecule has 2 heterocycles. The van der Waals surface area contributed by atoms with Crippen molar-refractivity contribution in [3.8, 4) is 5.69 Å². The molecule has 0 radical (unpaired) electrons.